The van der Waals surface area contributed by atoms with Crippen LogP contribution in [0.4, 0.5) is 5.69 Å². The Hall–Kier alpha value is -3.09. The number of pyridine rings is 1. The first-order valence-corrected chi connectivity index (χ1v) is 10.3. The van der Waals surface area contributed by atoms with Gasteiger partial charge in [-0.3, -0.25) is 9.59 Å². The largest absolute Gasteiger partial charge is 0.550 e. The number of carbonyl (C=O) groups excluding carboxylic acids is 2. The van der Waals surface area contributed by atoms with E-state index in [4.69, 9.17) is 0 Å². The third kappa shape index (κ3) is 3.84. The van der Waals surface area contributed by atoms with Crippen molar-refractivity contribution in [3.05, 3.63) is 52.4 Å². The van der Waals surface area contributed by atoms with E-state index in [1.165, 1.54) is 0 Å². The minimum Gasteiger partial charge on any atom is -0.550 e. The number of nitrogens with zero attached hydrogens (tertiary/aromatic N) is 3. The Morgan fingerprint density at radius 1 is 1.03 bits per heavy atom. The van der Waals surface area contributed by atoms with E-state index < -0.39 is 5.97 Å². The number of carboxylic acid groups (broad SMARTS) is 1. The molecule has 0 saturated carbocycles. The van der Waals surface area contributed by atoms with Gasteiger partial charge in [-0.2, -0.15) is 0 Å². The van der Waals surface area contributed by atoms with E-state index in [0.29, 0.717) is 19.6 Å². The molecule has 1 aromatic heterocycles. The standard InChI is InChI=1S/C23H27N3O4/c1-24(2)18-5-3-16(4-6-18)19-7-8-21(28)26-13-15-11-17(23(19)26)14-25(12-15)20(27)9-10-22(29)30/h3-8,15,17H,9-14H2,1-2H3,(H,29,30)/p-1/t15-,17+/m0/s1. The molecule has 0 aliphatic carbocycles. The van der Waals surface area contributed by atoms with Gasteiger partial charge in [-0.05, 0) is 42.5 Å². The quantitative estimate of drug-likeness (QED) is 0.738. The minimum absolute atomic E-state index is 0.00918. The molecule has 1 saturated heterocycles. The smallest absolute Gasteiger partial charge is 0.250 e. The lowest BCUT2D eigenvalue weighted by atomic mass is 9.80. The van der Waals surface area contributed by atoms with E-state index in [0.717, 1.165) is 28.9 Å². The number of carboxylic acids is 1. The van der Waals surface area contributed by atoms with Crippen LogP contribution < -0.4 is 15.6 Å². The number of likely N-dealkylation sites (tertiary alicyclic amines) is 1. The van der Waals surface area contributed by atoms with E-state index in [1.807, 2.05) is 29.6 Å². The van der Waals surface area contributed by atoms with Crippen LogP contribution in [0.1, 0.15) is 30.9 Å². The highest BCUT2D eigenvalue weighted by molar-refractivity contribution is 5.80. The van der Waals surface area contributed by atoms with Crippen molar-refractivity contribution in [1.29, 1.82) is 0 Å². The van der Waals surface area contributed by atoms with Gasteiger partial charge in [0.25, 0.3) is 5.56 Å². The molecule has 30 heavy (non-hydrogen) atoms. The summed E-state index contributed by atoms with van der Waals surface area (Å²) in [5.74, 6) is -1.10. The molecule has 1 fully saturated rings. The summed E-state index contributed by atoms with van der Waals surface area (Å²) in [6, 6.07) is 11.7. The molecule has 0 radical (unpaired) electrons. The van der Waals surface area contributed by atoms with Gasteiger partial charge in [-0.25, -0.2) is 0 Å². The molecular weight excluding hydrogens is 382 g/mol. The Labute approximate surface area is 175 Å². The van der Waals surface area contributed by atoms with Gasteiger partial charge in [0.2, 0.25) is 5.91 Å². The molecular formula is C23H26N3O4-. The zero-order valence-electron chi connectivity index (χ0n) is 17.3. The van der Waals surface area contributed by atoms with E-state index in [-0.39, 0.29) is 36.1 Å². The van der Waals surface area contributed by atoms with E-state index >= 15 is 0 Å². The minimum atomic E-state index is -1.21. The number of hydrogen-bond acceptors (Lipinski definition) is 5. The normalized spacial score (nSPS) is 19.9. The van der Waals surface area contributed by atoms with Crippen molar-refractivity contribution in [3.8, 4) is 11.1 Å². The first-order valence-electron chi connectivity index (χ1n) is 10.3. The molecule has 2 atom stereocenters. The van der Waals surface area contributed by atoms with Crippen LogP contribution in [-0.4, -0.2) is 48.5 Å². The SMILES string of the molecule is CN(C)c1ccc(-c2ccc(=O)n3c2[C@@H]2C[C@@H](CN(C(=O)CCC(=O)[O-])C2)C3)cc1. The molecule has 3 heterocycles. The highest BCUT2D eigenvalue weighted by atomic mass is 16.4. The van der Waals surface area contributed by atoms with Crippen molar-refractivity contribution in [1.82, 2.24) is 9.47 Å². The Kier molecular flexibility index (Phi) is 5.37. The predicted molar refractivity (Wildman–Crippen MR) is 112 cm³/mol. The van der Waals surface area contributed by atoms with Gasteiger partial charge in [0.15, 0.2) is 0 Å². The molecule has 2 bridgehead atoms. The number of benzene rings is 1. The topological polar surface area (TPSA) is 85.7 Å². The fourth-order valence-electron chi connectivity index (χ4n) is 4.77. The van der Waals surface area contributed by atoms with E-state index in [2.05, 4.69) is 24.3 Å². The van der Waals surface area contributed by atoms with Crippen molar-refractivity contribution in [2.24, 2.45) is 5.92 Å². The lowest BCUT2D eigenvalue weighted by Gasteiger charge is -2.43. The van der Waals surface area contributed by atoms with Crippen molar-refractivity contribution >= 4 is 17.6 Å². The van der Waals surface area contributed by atoms with Crippen LogP contribution in [0.15, 0.2) is 41.2 Å². The number of piperidine rings is 1. The lowest BCUT2D eigenvalue weighted by Crippen LogP contribution is -2.49. The second kappa shape index (κ2) is 7.97. The second-order valence-electron chi connectivity index (χ2n) is 8.49. The molecule has 7 nitrogen and oxygen atoms in total. The number of carbonyl (C=O) groups is 2. The van der Waals surface area contributed by atoms with Crippen molar-refractivity contribution in [2.75, 3.05) is 32.1 Å². The summed E-state index contributed by atoms with van der Waals surface area (Å²) in [6.07, 6.45) is 0.628. The predicted octanol–water partition coefficient (Wildman–Crippen LogP) is 1.06. The number of rotatable bonds is 5. The summed E-state index contributed by atoms with van der Waals surface area (Å²) in [6.45, 7) is 1.66. The average molecular weight is 408 g/mol. The monoisotopic (exact) mass is 408 g/mol. The van der Waals surface area contributed by atoms with Gasteiger partial charge in [-0.1, -0.05) is 12.1 Å². The lowest BCUT2D eigenvalue weighted by molar-refractivity contribution is -0.305. The maximum atomic E-state index is 12.6. The molecule has 4 rings (SSSR count). The molecule has 0 N–H and O–H groups in total. The van der Waals surface area contributed by atoms with Crippen LogP contribution in [0, 0.1) is 5.92 Å². The maximum Gasteiger partial charge on any atom is 0.250 e. The zero-order valence-corrected chi connectivity index (χ0v) is 17.3. The summed E-state index contributed by atoms with van der Waals surface area (Å²) in [7, 11) is 3.99. The average Bonchev–Trinajstić information content (AvgIpc) is 2.72. The van der Waals surface area contributed by atoms with Crippen molar-refractivity contribution < 1.29 is 14.7 Å². The third-order valence-corrected chi connectivity index (χ3v) is 6.18. The maximum absolute atomic E-state index is 12.6. The Morgan fingerprint density at radius 2 is 1.77 bits per heavy atom. The van der Waals surface area contributed by atoms with Gasteiger partial charge in [0.1, 0.15) is 0 Å². The van der Waals surface area contributed by atoms with Crippen LogP contribution in [0.5, 0.6) is 0 Å². The molecule has 0 spiro atoms. The molecule has 1 aromatic carbocycles. The first-order chi connectivity index (χ1) is 14.3. The number of amides is 1. The molecule has 2 aliphatic rings. The van der Waals surface area contributed by atoms with Gasteiger partial charge in [-0.15, -0.1) is 0 Å². The zero-order chi connectivity index (χ0) is 21.4. The fourth-order valence-corrected chi connectivity index (χ4v) is 4.77. The number of hydrogen-bond donors (Lipinski definition) is 0. The van der Waals surface area contributed by atoms with E-state index in [9.17, 15) is 19.5 Å². The molecule has 2 aromatic rings. The fraction of sp³-hybridized carbons (Fsp3) is 0.435. The van der Waals surface area contributed by atoms with Gasteiger partial charge in [0, 0.05) is 75.0 Å². The highest BCUT2D eigenvalue weighted by Crippen LogP contribution is 2.40. The molecule has 7 heteroatoms. The van der Waals surface area contributed by atoms with Crippen molar-refractivity contribution in [3.63, 3.8) is 0 Å². The molecule has 2 aliphatic heterocycles. The number of aliphatic carboxylic acids is 1. The van der Waals surface area contributed by atoms with Crippen LogP contribution in [0.25, 0.3) is 11.1 Å². The second-order valence-corrected chi connectivity index (χ2v) is 8.49. The Morgan fingerprint density at radius 3 is 2.43 bits per heavy atom. The van der Waals surface area contributed by atoms with Gasteiger partial charge >= 0.3 is 0 Å². The summed E-state index contributed by atoms with van der Waals surface area (Å²) in [4.78, 5) is 39.7. The molecule has 1 amide bonds. The molecule has 0 unspecified atom stereocenters. The molecule has 158 valence electrons. The highest BCUT2D eigenvalue weighted by Gasteiger charge is 2.37. The summed E-state index contributed by atoms with van der Waals surface area (Å²) in [5.41, 5.74) is 4.14. The first kappa shape index (κ1) is 20.2. The number of anilines is 1. The Bertz CT molecular complexity index is 1030. The van der Waals surface area contributed by atoms with Crippen LogP contribution in [0.3, 0.4) is 0 Å². The third-order valence-electron chi connectivity index (χ3n) is 6.18. The Balaban J connectivity index is 1.67. The van der Waals surface area contributed by atoms with Crippen molar-refractivity contribution in [2.45, 2.75) is 31.7 Å². The van der Waals surface area contributed by atoms with Crippen LogP contribution in [-0.2, 0) is 16.1 Å². The van der Waals surface area contributed by atoms with Crippen LogP contribution >= 0.6 is 0 Å². The summed E-state index contributed by atoms with van der Waals surface area (Å²) in [5, 5.41) is 10.7. The summed E-state index contributed by atoms with van der Waals surface area (Å²) >= 11 is 0. The number of fused-ring (bicyclic) bond motifs is 4. The van der Waals surface area contributed by atoms with Crippen LogP contribution in [0.2, 0.25) is 0 Å². The number of aromatic nitrogens is 1. The van der Waals surface area contributed by atoms with Gasteiger partial charge in [0.05, 0.1) is 0 Å². The van der Waals surface area contributed by atoms with Gasteiger partial charge < -0.3 is 24.3 Å². The van der Waals surface area contributed by atoms with E-state index in [1.54, 1.807) is 11.0 Å². The summed E-state index contributed by atoms with van der Waals surface area (Å²) < 4.78 is 1.87.